The summed E-state index contributed by atoms with van der Waals surface area (Å²) >= 11 is 7.45. The minimum absolute atomic E-state index is 0.188. The number of carbonyl (C=O) groups excluding carboxylic acids is 1. The molecule has 0 aromatic heterocycles. The highest BCUT2D eigenvalue weighted by atomic mass is 35.5. The number of benzene rings is 1. The molecular formula is C12H15ClOS. The smallest absolute Gasteiger partial charge is 0.172 e. The number of halogens is 1. The van der Waals surface area contributed by atoms with Crippen LogP contribution in [0.25, 0.3) is 0 Å². The average molecular weight is 243 g/mol. The molecule has 0 fully saturated rings. The van der Waals surface area contributed by atoms with Gasteiger partial charge in [0, 0.05) is 10.6 Å². The molecule has 0 saturated carbocycles. The second-order valence-electron chi connectivity index (χ2n) is 3.34. The van der Waals surface area contributed by atoms with Gasteiger partial charge in [-0.3, -0.25) is 4.79 Å². The Morgan fingerprint density at radius 3 is 2.60 bits per heavy atom. The zero-order valence-electron chi connectivity index (χ0n) is 8.83. The molecule has 0 bridgehead atoms. The fourth-order valence-corrected chi connectivity index (χ4v) is 2.25. The summed E-state index contributed by atoms with van der Waals surface area (Å²) in [5, 5.41) is 0.671. The molecule has 1 rings (SSSR count). The van der Waals surface area contributed by atoms with Crippen molar-refractivity contribution in [1.29, 1.82) is 0 Å². The summed E-state index contributed by atoms with van der Waals surface area (Å²) in [6, 6.07) is 7.08. The third-order valence-corrected chi connectivity index (χ3v) is 3.34. The van der Waals surface area contributed by atoms with Crippen molar-refractivity contribution in [2.75, 3.05) is 11.5 Å². The fourth-order valence-electron chi connectivity index (χ4n) is 1.13. The Kier molecular flexibility index (Phi) is 5.81. The van der Waals surface area contributed by atoms with E-state index < -0.39 is 0 Å². The number of Topliss-reactive ketones (excluding diaryl/α,β-unsaturated/α-hetero) is 1. The Morgan fingerprint density at radius 2 is 2.00 bits per heavy atom. The van der Waals surface area contributed by atoms with Gasteiger partial charge in [0.05, 0.1) is 5.75 Å². The SMILES string of the molecule is CCCCSCC(=O)c1ccc(Cl)cc1. The summed E-state index contributed by atoms with van der Waals surface area (Å²) in [5.74, 6) is 1.82. The summed E-state index contributed by atoms with van der Waals surface area (Å²) in [5.41, 5.74) is 0.753. The normalized spacial score (nSPS) is 10.3. The Bertz CT molecular complexity index is 308. The maximum absolute atomic E-state index is 11.7. The number of unbranched alkanes of at least 4 members (excludes halogenated alkanes) is 1. The van der Waals surface area contributed by atoms with Crippen LogP contribution in [-0.4, -0.2) is 17.3 Å². The molecule has 3 heteroatoms. The van der Waals surface area contributed by atoms with E-state index in [9.17, 15) is 4.79 Å². The third kappa shape index (κ3) is 4.72. The van der Waals surface area contributed by atoms with Gasteiger partial charge in [-0.15, -0.1) is 0 Å². The number of carbonyl (C=O) groups is 1. The number of ketones is 1. The van der Waals surface area contributed by atoms with E-state index in [0.29, 0.717) is 10.8 Å². The van der Waals surface area contributed by atoms with Crippen LogP contribution < -0.4 is 0 Å². The van der Waals surface area contributed by atoms with E-state index in [0.717, 1.165) is 11.3 Å². The van der Waals surface area contributed by atoms with Crippen LogP contribution in [0.5, 0.6) is 0 Å². The highest BCUT2D eigenvalue weighted by Gasteiger charge is 2.04. The van der Waals surface area contributed by atoms with Crippen molar-refractivity contribution in [2.24, 2.45) is 0 Å². The van der Waals surface area contributed by atoms with Crippen molar-refractivity contribution in [2.45, 2.75) is 19.8 Å². The first-order valence-electron chi connectivity index (χ1n) is 5.10. The van der Waals surface area contributed by atoms with Crippen molar-refractivity contribution in [1.82, 2.24) is 0 Å². The molecule has 0 heterocycles. The van der Waals surface area contributed by atoms with Crippen molar-refractivity contribution in [3.05, 3.63) is 34.9 Å². The van der Waals surface area contributed by atoms with Crippen molar-refractivity contribution in [3.8, 4) is 0 Å². The number of rotatable bonds is 6. The predicted octanol–water partition coefficient (Wildman–Crippen LogP) is 4.06. The second-order valence-corrected chi connectivity index (χ2v) is 4.88. The van der Waals surface area contributed by atoms with Crippen LogP contribution in [0.15, 0.2) is 24.3 Å². The van der Waals surface area contributed by atoms with E-state index in [-0.39, 0.29) is 5.78 Å². The van der Waals surface area contributed by atoms with Crippen LogP contribution in [0.3, 0.4) is 0 Å². The first-order chi connectivity index (χ1) is 7.24. The van der Waals surface area contributed by atoms with Crippen LogP contribution in [0, 0.1) is 0 Å². The van der Waals surface area contributed by atoms with Crippen LogP contribution in [0.4, 0.5) is 0 Å². The van der Waals surface area contributed by atoms with Gasteiger partial charge in [0.15, 0.2) is 5.78 Å². The lowest BCUT2D eigenvalue weighted by Crippen LogP contribution is -2.02. The van der Waals surface area contributed by atoms with Gasteiger partial charge < -0.3 is 0 Å². The highest BCUT2D eigenvalue weighted by molar-refractivity contribution is 7.99. The molecule has 0 saturated heterocycles. The van der Waals surface area contributed by atoms with E-state index in [1.54, 1.807) is 36.0 Å². The van der Waals surface area contributed by atoms with E-state index >= 15 is 0 Å². The highest BCUT2D eigenvalue weighted by Crippen LogP contribution is 2.13. The first kappa shape index (κ1) is 12.6. The molecule has 0 amide bonds. The standard InChI is InChI=1S/C12H15ClOS/c1-2-3-8-15-9-12(14)10-4-6-11(13)7-5-10/h4-7H,2-3,8-9H2,1H3. The largest absolute Gasteiger partial charge is 0.293 e. The van der Waals surface area contributed by atoms with Crippen molar-refractivity contribution in [3.63, 3.8) is 0 Å². The van der Waals surface area contributed by atoms with Gasteiger partial charge in [-0.05, 0) is 36.4 Å². The van der Waals surface area contributed by atoms with E-state index in [1.165, 1.54) is 12.8 Å². The Balaban J connectivity index is 2.37. The zero-order valence-corrected chi connectivity index (χ0v) is 10.4. The molecule has 0 spiro atoms. The average Bonchev–Trinajstić information content (AvgIpc) is 2.25. The minimum Gasteiger partial charge on any atom is -0.293 e. The van der Waals surface area contributed by atoms with Crippen LogP contribution in [0.2, 0.25) is 5.02 Å². The fraction of sp³-hybridized carbons (Fsp3) is 0.417. The summed E-state index contributed by atoms with van der Waals surface area (Å²) in [6.45, 7) is 2.15. The molecule has 0 unspecified atom stereocenters. The predicted molar refractivity (Wildman–Crippen MR) is 68.0 cm³/mol. The van der Waals surface area contributed by atoms with Gasteiger partial charge in [0.25, 0.3) is 0 Å². The molecule has 0 N–H and O–H groups in total. The van der Waals surface area contributed by atoms with Gasteiger partial charge >= 0.3 is 0 Å². The Hall–Kier alpha value is -0.470. The van der Waals surface area contributed by atoms with Gasteiger partial charge in [-0.25, -0.2) is 0 Å². The zero-order chi connectivity index (χ0) is 11.1. The topological polar surface area (TPSA) is 17.1 Å². The molecule has 0 aliphatic carbocycles. The summed E-state index contributed by atoms with van der Waals surface area (Å²) in [6.07, 6.45) is 2.36. The van der Waals surface area contributed by atoms with E-state index in [1.807, 2.05) is 0 Å². The molecule has 15 heavy (non-hydrogen) atoms. The lowest BCUT2D eigenvalue weighted by Gasteiger charge is -2.01. The molecule has 0 radical (unpaired) electrons. The molecule has 0 aliphatic heterocycles. The van der Waals surface area contributed by atoms with Gasteiger partial charge in [-0.2, -0.15) is 11.8 Å². The van der Waals surface area contributed by atoms with Crippen LogP contribution in [0.1, 0.15) is 30.1 Å². The molecule has 1 nitrogen and oxygen atoms in total. The van der Waals surface area contributed by atoms with Gasteiger partial charge in [-0.1, -0.05) is 24.9 Å². The van der Waals surface area contributed by atoms with Crippen molar-refractivity contribution < 1.29 is 4.79 Å². The molecule has 0 aliphatic rings. The van der Waals surface area contributed by atoms with E-state index in [4.69, 9.17) is 11.6 Å². The number of hydrogen-bond acceptors (Lipinski definition) is 2. The summed E-state index contributed by atoms with van der Waals surface area (Å²) in [7, 11) is 0. The first-order valence-corrected chi connectivity index (χ1v) is 6.64. The molecular weight excluding hydrogens is 228 g/mol. The van der Waals surface area contributed by atoms with E-state index in [2.05, 4.69) is 6.92 Å². The second kappa shape index (κ2) is 6.91. The Labute approximate surface area is 100 Å². The molecule has 0 atom stereocenters. The third-order valence-electron chi connectivity index (χ3n) is 2.04. The molecule has 1 aromatic rings. The number of hydrogen-bond donors (Lipinski definition) is 0. The maximum atomic E-state index is 11.7. The van der Waals surface area contributed by atoms with Gasteiger partial charge in [0.1, 0.15) is 0 Å². The monoisotopic (exact) mass is 242 g/mol. The maximum Gasteiger partial charge on any atom is 0.172 e. The molecule has 1 aromatic carbocycles. The molecule has 82 valence electrons. The summed E-state index contributed by atoms with van der Waals surface area (Å²) in [4.78, 5) is 11.7. The van der Waals surface area contributed by atoms with Gasteiger partial charge in [0.2, 0.25) is 0 Å². The number of thioether (sulfide) groups is 1. The Morgan fingerprint density at radius 1 is 1.33 bits per heavy atom. The minimum atomic E-state index is 0.188. The quantitative estimate of drug-likeness (QED) is 0.553. The van der Waals surface area contributed by atoms with Crippen LogP contribution in [-0.2, 0) is 0 Å². The van der Waals surface area contributed by atoms with Crippen LogP contribution >= 0.6 is 23.4 Å². The summed E-state index contributed by atoms with van der Waals surface area (Å²) < 4.78 is 0. The van der Waals surface area contributed by atoms with Crippen molar-refractivity contribution >= 4 is 29.1 Å². The lowest BCUT2D eigenvalue weighted by atomic mass is 10.1. The lowest BCUT2D eigenvalue weighted by molar-refractivity contribution is 0.102.